The Labute approximate surface area is 135 Å². The van der Waals surface area contributed by atoms with Crippen molar-refractivity contribution in [3.05, 3.63) is 29.8 Å². The van der Waals surface area contributed by atoms with Crippen molar-refractivity contribution in [3.8, 4) is 0 Å². The van der Waals surface area contributed by atoms with Crippen molar-refractivity contribution in [3.63, 3.8) is 0 Å². The number of rotatable bonds is 3. The summed E-state index contributed by atoms with van der Waals surface area (Å²) in [4.78, 5) is 26.0. The van der Waals surface area contributed by atoms with Gasteiger partial charge in [-0.1, -0.05) is 0 Å². The molecule has 2 rings (SSSR count). The van der Waals surface area contributed by atoms with Crippen molar-refractivity contribution in [2.75, 3.05) is 29.9 Å². The predicted molar refractivity (Wildman–Crippen MR) is 91.6 cm³/mol. The van der Waals surface area contributed by atoms with E-state index in [1.807, 2.05) is 30.5 Å². The van der Waals surface area contributed by atoms with Crippen molar-refractivity contribution in [1.82, 2.24) is 10.2 Å². The van der Waals surface area contributed by atoms with E-state index in [4.69, 9.17) is 0 Å². The van der Waals surface area contributed by atoms with Crippen LogP contribution in [0.15, 0.2) is 24.3 Å². The average molecular weight is 321 g/mol. The summed E-state index contributed by atoms with van der Waals surface area (Å²) in [7, 11) is 0. The largest absolute Gasteiger partial charge is 0.338 e. The molecule has 0 bridgehead atoms. The van der Waals surface area contributed by atoms with Gasteiger partial charge >= 0.3 is 6.03 Å². The summed E-state index contributed by atoms with van der Waals surface area (Å²) < 4.78 is 0. The van der Waals surface area contributed by atoms with Crippen LogP contribution in [0, 0.1) is 0 Å². The van der Waals surface area contributed by atoms with Crippen molar-refractivity contribution >= 4 is 29.4 Å². The molecule has 6 heteroatoms. The molecule has 0 aliphatic carbocycles. The summed E-state index contributed by atoms with van der Waals surface area (Å²) in [6.45, 7) is 5.44. The maximum atomic E-state index is 12.4. The van der Waals surface area contributed by atoms with Crippen molar-refractivity contribution in [2.24, 2.45) is 0 Å². The normalized spacial score (nSPS) is 15.3. The van der Waals surface area contributed by atoms with Gasteiger partial charge in [-0.05, 0) is 50.3 Å². The van der Waals surface area contributed by atoms with Crippen molar-refractivity contribution in [2.45, 2.75) is 26.3 Å². The van der Waals surface area contributed by atoms with E-state index in [2.05, 4.69) is 10.6 Å². The highest BCUT2D eigenvalue weighted by Gasteiger charge is 2.17. The zero-order chi connectivity index (χ0) is 15.9. The van der Waals surface area contributed by atoms with Gasteiger partial charge in [0.1, 0.15) is 0 Å². The zero-order valence-electron chi connectivity index (χ0n) is 13.1. The Bertz CT molecular complexity index is 509. The Morgan fingerprint density at radius 2 is 1.86 bits per heavy atom. The van der Waals surface area contributed by atoms with Gasteiger partial charge in [0.15, 0.2) is 0 Å². The first-order valence-electron chi connectivity index (χ1n) is 7.61. The van der Waals surface area contributed by atoms with Gasteiger partial charge in [0.2, 0.25) is 0 Å². The van der Waals surface area contributed by atoms with E-state index in [1.165, 1.54) is 0 Å². The molecule has 5 nitrogen and oxygen atoms in total. The maximum Gasteiger partial charge on any atom is 0.319 e. The fraction of sp³-hybridized carbons (Fsp3) is 0.500. The number of hydrogen-bond donors (Lipinski definition) is 2. The van der Waals surface area contributed by atoms with Crippen molar-refractivity contribution in [1.29, 1.82) is 0 Å². The predicted octanol–water partition coefficient (Wildman–Crippen LogP) is 2.80. The Morgan fingerprint density at radius 3 is 2.55 bits per heavy atom. The first-order chi connectivity index (χ1) is 10.6. The standard InChI is InChI=1S/C16H23N3O2S/c1-12(2)17-16(21)18-14-6-4-13(5-7-14)15(20)19-8-3-10-22-11-9-19/h4-7,12H,3,8-11H2,1-2H3,(H2,17,18,21). The second kappa shape index (κ2) is 8.08. The smallest absolute Gasteiger partial charge is 0.319 e. The van der Waals surface area contributed by atoms with Crippen LogP contribution in [0.3, 0.4) is 0 Å². The molecule has 3 amide bonds. The van der Waals surface area contributed by atoms with Crippen LogP contribution in [0.25, 0.3) is 0 Å². The topological polar surface area (TPSA) is 61.4 Å². The summed E-state index contributed by atoms with van der Waals surface area (Å²) in [6.07, 6.45) is 1.05. The first-order valence-corrected chi connectivity index (χ1v) is 8.76. The Kier molecular flexibility index (Phi) is 6.12. The number of benzene rings is 1. The Morgan fingerprint density at radius 1 is 1.14 bits per heavy atom. The summed E-state index contributed by atoms with van der Waals surface area (Å²) in [5.74, 6) is 2.19. The molecular formula is C16H23N3O2S. The fourth-order valence-electron chi connectivity index (χ4n) is 2.26. The number of nitrogens with zero attached hydrogens (tertiary/aromatic N) is 1. The van der Waals surface area contributed by atoms with Crippen LogP contribution in [0.1, 0.15) is 30.6 Å². The van der Waals surface area contributed by atoms with E-state index >= 15 is 0 Å². The molecule has 0 unspecified atom stereocenters. The second-order valence-corrected chi connectivity index (χ2v) is 6.81. The van der Waals surface area contributed by atoms with Gasteiger partial charge in [0.05, 0.1) is 0 Å². The van der Waals surface area contributed by atoms with Crippen LogP contribution in [0.5, 0.6) is 0 Å². The number of thioether (sulfide) groups is 1. The van der Waals surface area contributed by atoms with Crippen LogP contribution < -0.4 is 10.6 Å². The van der Waals surface area contributed by atoms with Crippen LogP contribution in [0.2, 0.25) is 0 Å². The van der Waals surface area contributed by atoms with Crippen LogP contribution in [0.4, 0.5) is 10.5 Å². The lowest BCUT2D eigenvalue weighted by atomic mass is 10.1. The van der Waals surface area contributed by atoms with Gasteiger partial charge in [-0.15, -0.1) is 0 Å². The summed E-state index contributed by atoms with van der Waals surface area (Å²) in [5.41, 5.74) is 1.35. The molecule has 0 saturated carbocycles. The zero-order valence-corrected chi connectivity index (χ0v) is 13.9. The maximum absolute atomic E-state index is 12.4. The summed E-state index contributed by atoms with van der Waals surface area (Å²) in [5, 5.41) is 5.51. The number of urea groups is 1. The highest BCUT2D eigenvalue weighted by molar-refractivity contribution is 7.99. The van der Waals surface area contributed by atoms with E-state index in [9.17, 15) is 9.59 Å². The lowest BCUT2D eigenvalue weighted by Gasteiger charge is -2.20. The molecule has 1 aliphatic heterocycles. The van der Waals surface area contributed by atoms with E-state index in [0.29, 0.717) is 11.3 Å². The molecule has 2 N–H and O–H groups in total. The third-order valence-corrected chi connectivity index (χ3v) is 4.37. The molecule has 1 saturated heterocycles. The first kappa shape index (κ1) is 16.7. The number of carbonyl (C=O) groups is 2. The minimum Gasteiger partial charge on any atom is -0.338 e. The number of amides is 3. The minimum atomic E-state index is -0.237. The Balaban J connectivity index is 1.95. The third kappa shape index (κ3) is 4.94. The third-order valence-electron chi connectivity index (χ3n) is 3.32. The quantitative estimate of drug-likeness (QED) is 0.900. The second-order valence-electron chi connectivity index (χ2n) is 5.59. The van der Waals surface area contributed by atoms with Crippen LogP contribution in [-0.4, -0.2) is 47.5 Å². The van der Waals surface area contributed by atoms with Gasteiger partial charge in [0.25, 0.3) is 5.91 Å². The van der Waals surface area contributed by atoms with Crippen LogP contribution >= 0.6 is 11.8 Å². The summed E-state index contributed by atoms with van der Waals surface area (Å²) in [6, 6.07) is 6.91. The lowest BCUT2D eigenvalue weighted by molar-refractivity contribution is 0.0768. The molecule has 1 aromatic rings. The molecule has 0 aromatic heterocycles. The number of anilines is 1. The van der Waals surface area contributed by atoms with Gasteiger partial charge in [-0.3, -0.25) is 4.79 Å². The van der Waals surface area contributed by atoms with Crippen molar-refractivity contribution < 1.29 is 9.59 Å². The molecule has 1 aromatic carbocycles. The molecule has 120 valence electrons. The van der Waals surface area contributed by atoms with Gasteiger partial charge in [-0.2, -0.15) is 11.8 Å². The minimum absolute atomic E-state index is 0.0701. The van der Waals surface area contributed by atoms with E-state index in [0.717, 1.165) is 31.0 Å². The number of nitrogens with one attached hydrogen (secondary N) is 2. The van der Waals surface area contributed by atoms with E-state index in [1.54, 1.807) is 24.3 Å². The van der Waals surface area contributed by atoms with Gasteiger partial charge in [0, 0.05) is 36.1 Å². The van der Waals surface area contributed by atoms with Gasteiger partial charge < -0.3 is 15.5 Å². The fourth-order valence-corrected chi connectivity index (χ4v) is 3.14. The Hall–Kier alpha value is -1.69. The molecule has 0 atom stereocenters. The van der Waals surface area contributed by atoms with Crippen LogP contribution in [-0.2, 0) is 0 Å². The monoisotopic (exact) mass is 321 g/mol. The molecule has 1 fully saturated rings. The van der Waals surface area contributed by atoms with E-state index in [-0.39, 0.29) is 18.0 Å². The van der Waals surface area contributed by atoms with E-state index < -0.39 is 0 Å². The highest BCUT2D eigenvalue weighted by atomic mass is 32.2. The molecule has 0 radical (unpaired) electrons. The molecule has 22 heavy (non-hydrogen) atoms. The molecule has 0 spiro atoms. The number of carbonyl (C=O) groups excluding carboxylic acids is 2. The molecular weight excluding hydrogens is 298 g/mol. The molecule has 1 heterocycles. The lowest BCUT2D eigenvalue weighted by Crippen LogP contribution is -2.34. The summed E-state index contributed by atoms with van der Waals surface area (Å²) >= 11 is 1.90. The highest BCUT2D eigenvalue weighted by Crippen LogP contribution is 2.15. The van der Waals surface area contributed by atoms with Gasteiger partial charge in [-0.25, -0.2) is 4.79 Å². The SMILES string of the molecule is CC(C)NC(=O)Nc1ccc(C(=O)N2CCCSCC2)cc1. The number of hydrogen-bond acceptors (Lipinski definition) is 3. The average Bonchev–Trinajstić information content (AvgIpc) is 2.75. The molecule has 1 aliphatic rings.